The number of thiazole rings is 1. The van der Waals surface area contributed by atoms with Crippen LogP contribution in [0.1, 0.15) is 25.5 Å². The third-order valence-corrected chi connectivity index (χ3v) is 3.47. The zero-order chi connectivity index (χ0) is 11.5. The molecule has 0 radical (unpaired) electrons. The average Bonchev–Trinajstić information content (AvgIpc) is 2.74. The van der Waals surface area contributed by atoms with E-state index < -0.39 is 0 Å². The monoisotopic (exact) mass is 233 g/mol. The molecule has 2 heterocycles. The molecule has 0 unspecified atom stereocenters. The number of anilines is 1. The molecule has 2 rings (SSSR count). The van der Waals surface area contributed by atoms with E-state index in [1.54, 1.807) is 17.5 Å². The maximum atomic E-state index is 4.67. The molecule has 0 saturated carbocycles. The molecular weight excluding hydrogens is 218 g/mol. The number of hydrogen-bond donors (Lipinski definition) is 1. The number of nitrogens with zero attached hydrogens (tertiary/aromatic N) is 2. The van der Waals surface area contributed by atoms with Crippen molar-refractivity contribution >= 4 is 16.3 Å². The van der Waals surface area contributed by atoms with E-state index in [-0.39, 0.29) is 0 Å². The lowest BCUT2D eigenvalue weighted by atomic mass is 10.1. The molecule has 0 amide bonds. The number of aromatic nitrogens is 2. The Morgan fingerprint density at radius 3 is 2.69 bits per heavy atom. The first-order valence-corrected chi connectivity index (χ1v) is 6.13. The van der Waals surface area contributed by atoms with Gasteiger partial charge in [-0.15, -0.1) is 0 Å². The lowest BCUT2D eigenvalue weighted by Crippen LogP contribution is -1.94. The molecule has 0 aromatic carbocycles. The van der Waals surface area contributed by atoms with Crippen LogP contribution < -0.4 is 5.32 Å². The normalized spacial score (nSPS) is 10.8. The predicted molar refractivity (Wildman–Crippen MR) is 69.0 cm³/mol. The smallest absolute Gasteiger partial charge is 0.127 e. The fourth-order valence-corrected chi connectivity index (χ4v) is 2.58. The summed E-state index contributed by atoms with van der Waals surface area (Å²) >= 11 is 1.68. The first kappa shape index (κ1) is 11.1. The van der Waals surface area contributed by atoms with Gasteiger partial charge in [0.15, 0.2) is 0 Å². The van der Waals surface area contributed by atoms with Crippen LogP contribution in [0.3, 0.4) is 0 Å². The Bertz CT molecular complexity index is 462. The summed E-state index contributed by atoms with van der Waals surface area (Å²) in [6.07, 6.45) is 3.63. The molecular formula is C12H15N3S. The molecule has 2 aromatic heterocycles. The van der Waals surface area contributed by atoms with E-state index in [1.807, 2.05) is 25.4 Å². The molecule has 2 aromatic rings. The molecule has 3 nitrogen and oxygen atoms in total. The van der Waals surface area contributed by atoms with Crippen molar-refractivity contribution in [1.82, 2.24) is 9.97 Å². The van der Waals surface area contributed by atoms with Crippen LogP contribution in [0, 0.1) is 0 Å². The maximum Gasteiger partial charge on any atom is 0.127 e. The summed E-state index contributed by atoms with van der Waals surface area (Å²) in [5.41, 5.74) is 2.21. The fourth-order valence-electron chi connectivity index (χ4n) is 1.52. The van der Waals surface area contributed by atoms with Gasteiger partial charge in [0.05, 0.1) is 5.69 Å². The Labute approximate surface area is 99.6 Å². The van der Waals surface area contributed by atoms with Crippen LogP contribution in [0.15, 0.2) is 24.5 Å². The minimum absolute atomic E-state index is 0.434. The van der Waals surface area contributed by atoms with Crippen LogP contribution in [-0.4, -0.2) is 17.0 Å². The Morgan fingerprint density at radius 1 is 1.38 bits per heavy atom. The highest BCUT2D eigenvalue weighted by atomic mass is 32.1. The average molecular weight is 233 g/mol. The first-order chi connectivity index (χ1) is 7.72. The van der Waals surface area contributed by atoms with Crippen LogP contribution >= 0.6 is 11.3 Å². The van der Waals surface area contributed by atoms with Crippen molar-refractivity contribution in [2.24, 2.45) is 0 Å². The van der Waals surface area contributed by atoms with Gasteiger partial charge in [0.2, 0.25) is 0 Å². The molecule has 0 aliphatic heterocycles. The van der Waals surface area contributed by atoms with Gasteiger partial charge < -0.3 is 5.32 Å². The highest BCUT2D eigenvalue weighted by Crippen LogP contribution is 2.34. The highest BCUT2D eigenvalue weighted by molar-refractivity contribution is 7.19. The minimum atomic E-state index is 0.434. The zero-order valence-corrected chi connectivity index (χ0v) is 10.5. The zero-order valence-electron chi connectivity index (χ0n) is 9.69. The molecule has 0 aliphatic rings. The summed E-state index contributed by atoms with van der Waals surface area (Å²) in [6, 6.07) is 3.97. The molecule has 4 heteroatoms. The quantitative estimate of drug-likeness (QED) is 0.883. The van der Waals surface area contributed by atoms with Crippen molar-refractivity contribution in [3.8, 4) is 10.6 Å². The Kier molecular flexibility index (Phi) is 3.19. The van der Waals surface area contributed by atoms with E-state index in [1.165, 1.54) is 0 Å². The summed E-state index contributed by atoms with van der Waals surface area (Å²) in [7, 11) is 1.94. The number of pyridine rings is 1. The minimum Gasteiger partial charge on any atom is -0.378 e. The summed E-state index contributed by atoms with van der Waals surface area (Å²) < 4.78 is 0. The van der Waals surface area contributed by atoms with Gasteiger partial charge in [-0.3, -0.25) is 4.98 Å². The van der Waals surface area contributed by atoms with Gasteiger partial charge in [-0.1, -0.05) is 25.2 Å². The van der Waals surface area contributed by atoms with Crippen LogP contribution in [-0.2, 0) is 0 Å². The largest absolute Gasteiger partial charge is 0.378 e. The lowest BCUT2D eigenvalue weighted by molar-refractivity contribution is 0.835. The Morgan fingerprint density at radius 2 is 2.19 bits per heavy atom. The number of nitrogens with one attached hydrogen (secondary N) is 1. The Hall–Kier alpha value is -1.42. The number of hydrogen-bond acceptors (Lipinski definition) is 4. The summed E-state index contributed by atoms with van der Waals surface area (Å²) in [6.45, 7) is 4.31. The molecule has 0 fully saturated rings. The summed E-state index contributed by atoms with van der Waals surface area (Å²) in [5, 5.41) is 5.38. The van der Waals surface area contributed by atoms with E-state index in [4.69, 9.17) is 0 Å². The van der Waals surface area contributed by atoms with E-state index >= 15 is 0 Å². The molecule has 1 N–H and O–H groups in total. The molecule has 0 atom stereocenters. The van der Waals surface area contributed by atoms with Gasteiger partial charge in [0.1, 0.15) is 10.0 Å². The van der Waals surface area contributed by atoms with Gasteiger partial charge >= 0.3 is 0 Å². The van der Waals surface area contributed by atoms with E-state index in [0.717, 1.165) is 21.3 Å². The number of rotatable bonds is 3. The molecule has 0 spiro atoms. The van der Waals surface area contributed by atoms with Crippen molar-refractivity contribution in [3.05, 3.63) is 30.2 Å². The van der Waals surface area contributed by atoms with Crippen molar-refractivity contribution in [3.63, 3.8) is 0 Å². The summed E-state index contributed by atoms with van der Waals surface area (Å²) in [5.74, 6) is 0.434. The third kappa shape index (κ3) is 2.07. The van der Waals surface area contributed by atoms with Gasteiger partial charge in [0, 0.05) is 25.0 Å². The SMILES string of the molecule is CNc1sc(-c2cccnc2)nc1C(C)C. The van der Waals surface area contributed by atoms with Crippen LogP contribution in [0.25, 0.3) is 10.6 Å². The van der Waals surface area contributed by atoms with Crippen LogP contribution in [0.4, 0.5) is 5.00 Å². The van der Waals surface area contributed by atoms with Gasteiger partial charge in [0.25, 0.3) is 0 Å². The second kappa shape index (κ2) is 4.61. The molecule has 84 valence electrons. The first-order valence-electron chi connectivity index (χ1n) is 5.31. The second-order valence-corrected chi connectivity index (χ2v) is 4.88. The summed E-state index contributed by atoms with van der Waals surface area (Å²) in [4.78, 5) is 8.78. The molecule has 16 heavy (non-hydrogen) atoms. The van der Waals surface area contributed by atoms with Crippen molar-refractivity contribution < 1.29 is 0 Å². The molecule has 0 bridgehead atoms. The van der Waals surface area contributed by atoms with Gasteiger partial charge in [-0.05, 0) is 18.1 Å². The molecule has 0 aliphatic carbocycles. The van der Waals surface area contributed by atoms with Crippen molar-refractivity contribution in [1.29, 1.82) is 0 Å². The predicted octanol–water partition coefficient (Wildman–Crippen LogP) is 3.37. The molecule has 0 saturated heterocycles. The van der Waals surface area contributed by atoms with E-state index in [0.29, 0.717) is 5.92 Å². The van der Waals surface area contributed by atoms with Crippen LogP contribution in [0.5, 0.6) is 0 Å². The van der Waals surface area contributed by atoms with Crippen molar-refractivity contribution in [2.75, 3.05) is 12.4 Å². The lowest BCUT2D eigenvalue weighted by Gasteiger charge is -2.02. The van der Waals surface area contributed by atoms with Crippen LogP contribution in [0.2, 0.25) is 0 Å². The third-order valence-electron chi connectivity index (χ3n) is 2.34. The van der Waals surface area contributed by atoms with E-state index in [9.17, 15) is 0 Å². The van der Waals surface area contributed by atoms with Gasteiger partial charge in [-0.2, -0.15) is 0 Å². The second-order valence-electron chi connectivity index (χ2n) is 3.88. The maximum absolute atomic E-state index is 4.67. The standard InChI is InChI=1S/C12H15N3S/c1-8(2)10-12(13-3)16-11(15-10)9-5-4-6-14-7-9/h4-8,13H,1-3H3. The topological polar surface area (TPSA) is 37.8 Å². The van der Waals surface area contributed by atoms with E-state index in [2.05, 4.69) is 29.1 Å². The Balaban J connectivity index is 2.44. The van der Waals surface area contributed by atoms with Crippen molar-refractivity contribution in [2.45, 2.75) is 19.8 Å². The van der Waals surface area contributed by atoms with Gasteiger partial charge in [-0.25, -0.2) is 4.98 Å². The fraction of sp³-hybridized carbons (Fsp3) is 0.333. The highest BCUT2D eigenvalue weighted by Gasteiger charge is 2.13.